The van der Waals surface area contributed by atoms with Gasteiger partial charge in [0.2, 0.25) is 11.8 Å². The highest BCUT2D eigenvalue weighted by molar-refractivity contribution is 5.85. The summed E-state index contributed by atoms with van der Waals surface area (Å²) in [7, 11) is 1.32. The normalized spacial score (nSPS) is 20.3. The van der Waals surface area contributed by atoms with Gasteiger partial charge in [-0.25, -0.2) is 4.39 Å². The summed E-state index contributed by atoms with van der Waals surface area (Å²) in [5.41, 5.74) is -2.59. The van der Waals surface area contributed by atoms with Crippen LogP contribution in [0.2, 0.25) is 0 Å². The number of nitrogens with zero attached hydrogens (tertiary/aromatic N) is 2. The monoisotopic (exact) mass is 609 g/mol. The van der Waals surface area contributed by atoms with Crippen LogP contribution >= 0.6 is 12.4 Å². The van der Waals surface area contributed by atoms with E-state index in [2.05, 4.69) is 5.32 Å². The van der Waals surface area contributed by atoms with E-state index in [0.717, 1.165) is 18.0 Å². The van der Waals surface area contributed by atoms with Crippen LogP contribution < -0.4 is 5.32 Å². The average molecular weight is 610 g/mol. The zero-order valence-corrected chi connectivity index (χ0v) is 23.0. The Balaban J connectivity index is 0.00000462. The summed E-state index contributed by atoms with van der Waals surface area (Å²) < 4.78 is 93.6. The van der Waals surface area contributed by atoms with Crippen LogP contribution in [0.3, 0.4) is 0 Å². The predicted octanol–water partition coefficient (Wildman–Crippen LogP) is 5.88. The molecule has 0 unspecified atom stereocenters. The molecule has 41 heavy (non-hydrogen) atoms. The summed E-state index contributed by atoms with van der Waals surface area (Å²) in [4.78, 5) is 29.6. The lowest BCUT2D eigenvalue weighted by Crippen LogP contribution is -2.50. The minimum Gasteiger partial charge on any atom is -0.342 e. The third-order valence-corrected chi connectivity index (χ3v) is 7.67. The molecule has 0 radical (unpaired) electrons. The van der Waals surface area contributed by atoms with Gasteiger partial charge in [-0.1, -0.05) is 12.1 Å². The molecule has 2 aromatic rings. The molecule has 0 bridgehead atoms. The average Bonchev–Trinajstić information content (AvgIpc) is 2.91. The largest absolute Gasteiger partial charge is 0.416 e. The third-order valence-electron chi connectivity index (χ3n) is 7.67. The highest BCUT2D eigenvalue weighted by Crippen LogP contribution is 2.38. The fourth-order valence-electron chi connectivity index (χ4n) is 5.57. The smallest absolute Gasteiger partial charge is 0.342 e. The van der Waals surface area contributed by atoms with Gasteiger partial charge in [-0.2, -0.15) is 26.3 Å². The molecule has 2 aromatic carbocycles. The summed E-state index contributed by atoms with van der Waals surface area (Å²) in [6.07, 6.45) is -8.37. The van der Waals surface area contributed by atoms with Crippen molar-refractivity contribution in [3.63, 3.8) is 0 Å². The van der Waals surface area contributed by atoms with Gasteiger partial charge in [0.25, 0.3) is 0 Å². The fourth-order valence-corrected chi connectivity index (χ4v) is 5.57. The second-order valence-electron chi connectivity index (χ2n) is 10.5. The molecule has 2 fully saturated rings. The van der Waals surface area contributed by atoms with Gasteiger partial charge in [0.1, 0.15) is 5.82 Å². The Morgan fingerprint density at radius 1 is 0.927 bits per heavy atom. The van der Waals surface area contributed by atoms with E-state index < -0.39 is 53.6 Å². The van der Waals surface area contributed by atoms with Crippen molar-refractivity contribution in [3.05, 3.63) is 70.5 Å². The number of hydrogen-bond donors (Lipinski definition) is 1. The van der Waals surface area contributed by atoms with Gasteiger partial charge in [0.15, 0.2) is 0 Å². The molecule has 226 valence electrons. The summed E-state index contributed by atoms with van der Waals surface area (Å²) in [5, 5.41) is 3.21. The Kier molecular flexibility index (Phi) is 10.3. The zero-order valence-electron chi connectivity index (χ0n) is 22.2. The van der Waals surface area contributed by atoms with Crippen LogP contribution in [-0.4, -0.2) is 54.8 Å². The van der Waals surface area contributed by atoms with Crippen molar-refractivity contribution in [2.75, 3.05) is 33.2 Å². The van der Waals surface area contributed by atoms with Gasteiger partial charge in [-0.15, -0.1) is 12.4 Å². The first-order chi connectivity index (χ1) is 18.7. The number of piperidine rings is 2. The quantitative estimate of drug-likeness (QED) is 0.431. The fraction of sp³-hybridized carbons (Fsp3) is 0.500. The van der Waals surface area contributed by atoms with Crippen LogP contribution in [0, 0.1) is 17.7 Å². The number of alkyl halides is 6. The van der Waals surface area contributed by atoms with Crippen molar-refractivity contribution < 1.29 is 40.3 Å². The molecule has 13 heteroatoms. The molecule has 4 rings (SSSR count). The molecule has 0 spiro atoms. The zero-order chi connectivity index (χ0) is 29.2. The maximum atomic E-state index is 13.7. The van der Waals surface area contributed by atoms with E-state index in [9.17, 15) is 40.3 Å². The number of rotatable bonds is 5. The van der Waals surface area contributed by atoms with Gasteiger partial charge >= 0.3 is 12.4 Å². The third kappa shape index (κ3) is 7.91. The Labute approximate surface area is 239 Å². The topological polar surface area (TPSA) is 52.7 Å². The number of nitrogens with one attached hydrogen (secondary N) is 1. The summed E-state index contributed by atoms with van der Waals surface area (Å²) in [6.45, 7) is 1.45. The van der Waals surface area contributed by atoms with Crippen molar-refractivity contribution in [1.29, 1.82) is 0 Å². The van der Waals surface area contributed by atoms with Crippen molar-refractivity contribution in [1.82, 2.24) is 15.1 Å². The lowest BCUT2D eigenvalue weighted by atomic mass is 9.79. The lowest BCUT2D eigenvalue weighted by Gasteiger charge is -2.41. The van der Waals surface area contributed by atoms with Gasteiger partial charge in [0.05, 0.1) is 11.1 Å². The number of likely N-dealkylation sites (tertiary alicyclic amines) is 1. The standard InChI is InChI=1S/C28H30F7N3O2.ClH/c1-37(15-17-12-20(27(30,31)32)14-21(13-17)28(33,34)35)26(40)23-8-11-38(25(39)19-6-9-36-10-7-19)16-24(23)18-2-4-22(29)5-3-18;/h2-5,12-14,19,23-24,36H,6-11,15-16H2,1H3;1H/t23-,24-;/m0./s1. The Hall–Kier alpha value is -2.86. The van der Waals surface area contributed by atoms with E-state index in [0.29, 0.717) is 30.5 Å². The first-order valence-corrected chi connectivity index (χ1v) is 13.0. The van der Waals surface area contributed by atoms with Gasteiger partial charge in [-0.3, -0.25) is 9.59 Å². The SMILES string of the molecule is CN(Cc1cc(C(F)(F)F)cc(C(F)(F)F)c1)C(=O)[C@H]1CCN(C(=O)C2CCNCC2)C[C@H]1c1ccc(F)cc1.Cl. The minimum atomic E-state index is -5.00. The molecule has 2 amide bonds. The first-order valence-electron chi connectivity index (χ1n) is 13.0. The molecule has 1 N–H and O–H groups in total. The molecular formula is C28H31ClF7N3O2. The lowest BCUT2D eigenvalue weighted by molar-refractivity contribution is -0.144. The van der Waals surface area contributed by atoms with Crippen LogP contribution in [0.4, 0.5) is 30.7 Å². The molecule has 2 aliphatic heterocycles. The number of carbonyl (C=O) groups excluding carboxylic acids is 2. The number of amides is 2. The summed E-state index contributed by atoms with van der Waals surface area (Å²) in [5.74, 6) is -2.35. The number of carbonyl (C=O) groups is 2. The number of benzene rings is 2. The van der Waals surface area contributed by atoms with Crippen LogP contribution in [0.5, 0.6) is 0 Å². The molecule has 0 aromatic heterocycles. The van der Waals surface area contributed by atoms with Gasteiger partial charge in [-0.05, 0) is 73.8 Å². The van der Waals surface area contributed by atoms with Gasteiger partial charge in [0, 0.05) is 44.4 Å². The van der Waals surface area contributed by atoms with Gasteiger partial charge < -0.3 is 15.1 Å². The van der Waals surface area contributed by atoms with Crippen molar-refractivity contribution in [2.24, 2.45) is 11.8 Å². The Morgan fingerprint density at radius 3 is 2.02 bits per heavy atom. The second kappa shape index (κ2) is 13.0. The Bertz CT molecular complexity index is 1180. The van der Waals surface area contributed by atoms with Crippen LogP contribution in [0.25, 0.3) is 0 Å². The van der Waals surface area contributed by atoms with Crippen LogP contribution in [0.1, 0.15) is 47.4 Å². The van der Waals surface area contributed by atoms with E-state index in [1.54, 1.807) is 4.90 Å². The predicted molar refractivity (Wildman–Crippen MR) is 140 cm³/mol. The Morgan fingerprint density at radius 2 is 1.49 bits per heavy atom. The molecule has 5 nitrogen and oxygen atoms in total. The molecule has 2 atom stereocenters. The molecule has 0 saturated carbocycles. The minimum absolute atomic E-state index is 0. The van der Waals surface area contributed by atoms with E-state index in [1.165, 1.54) is 31.3 Å². The maximum Gasteiger partial charge on any atom is 0.416 e. The van der Waals surface area contributed by atoms with Crippen LogP contribution in [-0.2, 0) is 28.5 Å². The summed E-state index contributed by atoms with van der Waals surface area (Å²) >= 11 is 0. The number of hydrogen-bond acceptors (Lipinski definition) is 3. The first kappa shape index (κ1) is 32.7. The van der Waals surface area contributed by atoms with E-state index in [4.69, 9.17) is 0 Å². The van der Waals surface area contributed by atoms with Crippen LogP contribution in [0.15, 0.2) is 42.5 Å². The van der Waals surface area contributed by atoms with E-state index in [-0.39, 0.29) is 55.4 Å². The highest BCUT2D eigenvalue weighted by Gasteiger charge is 2.40. The summed E-state index contributed by atoms with van der Waals surface area (Å²) in [6, 6.07) is 6.81. The number of halogens is 8. The molecule has 2 heterocycles. The second-order valence-corrected chi connectivity index (χ2v) is 10.5. The van der Waals surface area contributed by atoms with E-state index in [1.807, 2.05) is 0 Å². The van der Waals surface area contributed by atoms with Crippen molar-refractivity contribution in [3.8, 4) is 0 Å². The maximum absolute atomic E-state index is 13.7. The van der Waals surface area contributed by atoms with Crippen molar-refractivity contribution >= 4 is 24.2 Å². The van der Waals surface area contributed by atoms with E-state index >= 15 is 0 Å². The molecule has 0 aliphatic carbocycles. The molecular weight excluding hydrogens is 579 g/mol. The van der Waals surface area contributed by atoms with Crippen molar-refractivity contribution in [2.45, 2.75) is 44.1 Å². The highest BCUT2D eigenvalue weighted by atomic mass is 35.5. The molecule has 2 aliphatic rings. The molecule has 2 saturated heterocycles.